The third-order valence-corrected chi connectivity index (χ3v) is 4.91. The van der Waals surface area contributed by atoms with Gasteiger partial charge in [0.1, 0.15) is 0 Å². The van der Waals surface area contributed by atoms with Gasteiger partial charge in [0.25, 0.3) is 5.91 Å². The molecule has 1 aromatic rings. The lowest BCUT2D eigenvalue weighted by Gasteiger charge is -2.36. The number of carbonyl (C=O) groups is 1. The molecule has 1 N–H and O–H groups in total. The second-order valence-electron chi connectivity index (χ2n) is 6.61. The molecule has 3 atom stereocenters. The first-order valence-electron chi connectivity index (χ1n) is 8.50. The van der Waals surface area contributed by atoms with E-state index in [-0.39, 0.29) is 30.2 Å². The Kier molecular flexibility index (Phi) is 5.36. The molecule has 2 saturated heterocycles. The summed E-state index contributed by atoms with van der Waals surface area (Å²) in [5.74, 6) is -0.598. The van der Waals surface area contributed by atoms with Gasteiger partial charge in [0.15, 0.2) is 18.2 Å². The molecule has 5 nitrogen and oxygen atoms in total. The number of nitrogens with zero attached hydrogens (tertiary/aromatic N) is 1. The van der Waals surface area contributed by atoms with E-state index in [9.17, 15) is 14.3 Å². The Morgan fingerprint density at radius 1 is 1.46 bits per heavy atom. The van der Waals surface area contributed by atoms with E-state index in [1.807, 2.05) is 6.92 Å². The van der Waals surface area contributed by atoms with Gasteiger partial charge in [-0.3, -0.25) is 4.79 Å². The second-order valence-corrected chi connectivity index (χ2v) is 6.61. The van der Waals surface area contributed by atoms with Crippen molar-refractivity contribution in [2.45, 2.75) is 38.3 Å². The molecule has 3 rings (SSSR count). The van der Waals surface area contributed by atoms with E-state index in [0.717, 1.165) is 18.4 Å². The molecule has 24 heavy (non-hydrogen) atoms. The van der Waals surface area contributed by atoms with Crippen LogP contribution >= 0.6 is 0 Å². The minimum atomic E-state index is -0.470. The third-order valence-electron chi connectivity index (χ3n) is 4.91. The molecule has 0 bridgehead atoms. The number of halogens is 1. The van der Waals surface area contributed by atoms with Crippen molar-refractivity contribution in [3.05, 3.63) is 29.6 Å². The summed E-state index contributed by atoms with van der Waals surface area (Å²) in [5.41, 5.74) is 0.875. The summed E-state index contributed by atoms with van der Waals surface area (Å²) in [6.07, 6.45) is 1.93. The number of amides is 1. The second kappa shape index (κ2) is 7.49. The van der Waals surface area contributed by atoms with E-state index in [1.54, 1.807) is 17.0 Å². The van der Waals surface area contributed by atoms with Crippen LogP contribution in [0.4, 0.5) is 4.39 Å². The average Bonchev–Trinajstić information content (AvgIpc) is 3.05. The molecule has 0 aromatic heterocycles. The van der Waals surface area contributed by atoms with Gasteiger partial charge in [-0.2, -0.15) is 0 Å². The van der Waals surface area contributed by atoms with Crippen LogP contribution < -0.4 is 4.74 Å². The Bertz CT molecular complexity index is 594. The number of hydrogen-bond acceptors (Lipinski definition) is 4. The maximum atomic E-state index is 13.7. The van der Waals surface area contributed by atoms with Crippen LogP contribution in [0.1, 0.15) is 24.8 Å². The number of ether oxygens (including phenoxy) is 2. The maximum absolute atomic E-state index is 13.7. The molecule has 0 spiro atoms. The Balaban J connectivity index is 1.62. The molecule has 132 valence electrons. The zero-order chi connectivity index (χ0) is 17.1. The highest BCUT2D eigenvalue weighted by Crippen LogP contribution is 2.30. The summed E-state index contributed by atoms with van der Waals surface area (Å²) in [4.78, 5) is 14.3. The minimum Gasteiger partial charge on any atom is -0.481 e. The Morgan fingerprint density at radius 3 is 3.08 bits per heavy atom. The molecule has 0 aliphatic carbocycles. The van der Waals surface area contributed by atoms with Gasteiger partial charge in [0.05, 0.1) is 12.7 Å². The van der Waals surface area contributed by atoms with Crippen molar-refractivity contribution in [1.29, 1.82) is 0 Å². The summed E-state index contributed by atoms with van der Waals surface area (Å²) in [7, 11) is 0. The number of hydrogen-bond donors (Lipinski definition) is 1. The molecular weight excluding hydrogens is 313 g/mol. The van der Waals surface area contributed by atoms with Crippen LogP contribution in [0, 0.1) is 18.7 Å². The number of likely N-dealkylation sites (tertiary alicyclic amines) is 1. The molecule has 2 aliphatic rings. The van der Waals surface area contributed by atoms with Gasteiger partial charge in [-0.25, -0.2) is 4.39 Å². The number of carbonyl (C=O) groups excluding carboxylic acids is 1. The molecule has 6 heteroatoms. The number of aliphatic hydroxyl groups excluding tert-OH is 1. The fourth-order valence-electron chi connectivity index (χ4n) is 3.61. The van der Waals surface area contributed by atoms with Crippen molar-refractivity contribution in [2.24, 2.45) is 5.92 Å². The van der Waals surface area contributed by atoms with E-state index < -0.39 is 11.9 Å². The van der Waals surface area contributed by atoms with Gasteiger partial charge in [-0.05, 0) is 43.9 Å². The molecule has 1 amide bonds. The Hall–Kier alpha value is -1.66. The summed E-state index contributed by atoms with van der Waals surface area (Å²) in [6, 6.07) is 4.55. The van der Waals surface area contributed by atoms with E-state index in [4.69, 9.17) is 9.47 Å². The van der Waals surface area contributed by atoms with Crippen LogP contribution in [-0.2, 0) is 9.53 Å². The average molecular weight is 337 g/mol. The number of aliphatic hydroxyl groups is 1. The predicted molar refractivity (Wildman–Crippen MR) is 86.3 cm³/mol. The first kappa shape index (κ1) is 17.2. The van der Waals surface area contributed by atoms with E-state index in [2.05, 4.69) is 0 Å². The summed E-state index contributed by atoms with van der Waals surface area (Å²) < 4.78 is 24.6. The molecule has 2 aliphatic heterocycles. The monoisotopic (exact) mass is 337 g/mol. The van der Waals surface area contributed by atoms with Crippen LogP contribution in [0.2, 0.25) is 0 Å². The van der Waals surface area contributed by atoms with Crippen molar-refractivity contribution >= 4 is 5.91 Å². The lowest BCUT2D eigenvalue weighted by molar-refractivity contribution is -0.138. The topological polar surface area (TPSA) is 59.0 Å². The molecule has 0 radical (unpaired) electrons. The first-order valence-corrected chi connectivity index (χ1v) is 8.50. The van der Waals surface area contributed by atoms with Gasteiger partial charge in [-0.15, -0.1) is 0 Å². The van der Waals surface area contributed by atoms with Crippen molar-refractivity contribution in [3.63, 3.8) is 0 Å². The van der Waals surface area contributed by atoms with Crippen molar-refractivity contribution in [3.8, 4) is 5.75 Å². The first-order chi connectivity index (χ1) is 11.6. The van der Waals surface area contributed by atoms with E-state index in [0.29, 0.717) is 26.2 Å². The van der Waals surface area contributed by atoms with Crippen LogP contribution in [0.15, 0.2) is 18.2 Å². The molecule has 2 fully saturated rings. The fraction of sp³-hybridized carbons (Fsp3) is 0.611. The predicted octanol–water partition coefficient (Wildman–Crippen LogP) is 1.90. The van der Waals surface area contributed by atoms with Crippen LogP contribution in [0.25, 0.3) is 0 Å². The SMILES string of the molecule is Cc1ccc(F)c(OCC(=O)N2CCC[C@@H]2[C@H]2COCC[C@@H]2O)c1. The summed E-state index contributed by atoms with van der Waals surface area (Å²) in [6.45, 7) is 3.33. The Morgan fingerprint density at radius 2 is 2.29 bits per heavy atom. The summed E-state index contributed by atoms with van der Waals surface area (Å²) >= 11 is 0. The maximum Gasteiger partial charge on any atom is 0.260 e. The van der Waals surface area contributed by atoms with Gasteiger partial charge >= 0.3 is 0 Å². The molecular formula is C18H24FNO4. The number of aryl methyl sites for hydroxylation is 1. The lowest BCUT2D eigenvalue weighted by atomic mass is 9.89. The van der Waals surface area contributed by atoms with Crippen LogP contribution in [0.3, 0.4) is 0 Å². The normalized spacial score (nSPS) is 27.3. The van der Waals surface area contributed by atoms with E-state index >= 15 is 0 Å². The highest BCUT2D eigenvalue weighted by atomic mass is 19.1. The van der Waals surface area contributed by atoms with Crippen LogP contribution in [-0.4, -0.2) is 54.4 Å². The van der Waals surface area contributed by atoms with E-state index in [1.165, 1.54) is 6.07 Å². The zero-order valence-electron chi connectivity index (χ0n) is 13.9. The largest absolute Gasteiger partial charge is 0.481 e. The zero-order valence-corrected chi connectivity index (χ0v) is 13.9. The van der Waals surface area contributed by atoms with Gasteiger partial charge in [0, 0.05) is 25.1 Å². The Labute approximate surface area is 141 Å². The molecule has 0 unspecified atom stereocenters. The number of rotatable bonds is 4. The van der Waals surface area contributed by atoms with Gasteiger partial charge in [0.2, 0.25) is 0 Å². The number of benzene rings is 1. The van der Waals surface area contributed by atoms with Gasteiger partial charge in [-0.1, -0.05) is 6.07 Å². The van der Waals surface area contributed by atoms with Crippen LogP contribution in [0.5, 0.6) is 5.75 Å². The smallest absolute Gasteiger partial charge is 0.260 e. The van der Waals surface area contributed by atoms with Gasteiger partial charge < -0.3 is 19.5 Å². The molecule has 0 saturated carbocycles. The third kappa shape index (κ3) is 3.70. The molecule has 2 heterocycles. The lowest BCUT2D eigenvalue weighted by Crippen LogP contribution is -2.49. The fourth-order valence-corrected chi connectivity index (χ4v) is 3.61. The highest BCUT2D eigenvalue weighted by Gasteiger charge is 2.39. The van der Waals surface area contributed by atoms with Crippen molar-refractivity contribution < 1.29 is 23.8 Å². The standard InChI is InChI=1S/C18H24FNO4/c1-12-4-5-14(19)17(9-12)24-11-18(22)20-7-2-3-15(20)13-10-23-8-6-16(13)21/h4-5,9,13,15-16,21H,2-3,6-8,10-11H2,1H3/t13-,15-,16+/m1/s1. The summed E-state index contributed by atoms with van der Waals surface area (Å²) in [5, 5.41) is 10.2. The minimum absolute atomic E-state index is 0.0289. The highest BCUT2D eigenvalue weighted by molar-refractivity contribution is 5.78. The van der Waals surface area contributed by atoms with Crippen molar-refractivity contribution in [2.75, 3.05) is 26.4 Å². The quantitative estimate of drug-likeness (QED) is 0.912. The molecule has 1 aromatic carbocycles. The van der Waals surface area contributed by atoms with Crippen molar-refractivity contribution in [1.82, 2.24) is 4.90 Å².